The molecule has 0 spiro atoms. The minimum atomic E-state index is 0.534. The molecule has 2 heteroatoms. The van der Waals surface area contributed by atoms with Crippen molar-refractivity contribution in [1.29, 1.82) is 0 Å². The van der Waals surface area contributed by atoms with Crippen LogP contribution in [-0.2, 0) is 6.42 Å². The zero-order valence-corrected chi connectivity index (χ0v) is 13.6. The lowest BCUT2D eigenvalue weighted by atomic mass is 9.89. The van der Waals surface area contributed by atoms with Gasteiger partial charge >= 0.3 is 0 Å². The van der Waals surface area contributed by atoms with Crippen LogP contribution in [0.1, 0.15) is 22.6 Å². The Kier molecular flexibility index (Phi) is 5.40. The predicted octanol–water partition coefficient (Wildman–Crippen LogP) is 4.15. The molecule has 1 atom stereocenters. The quantitative estimate of drug-likeness (QED) is 0.786. The topological polar surface area (TPSA) is 12.0 Å². The lowest BCUT2D eigenvalue weighted by molar-refractivity contribution is 0.623. The van der Waals surface area contributed by atoms with Crippen LogP contribution < -0.4 is 5.32 Å². The fourth-order valence-electron chi connectivity index (χ4n) is 2.49. The molecule has 0 radical (unpaired) electrons. The van der Waals surface area contributed by atoms with E-state index in [4.69, 9.17) is 0 Å². The van der Waals surface area contributed by atoms with Gasteiger partial charge in [0.05, 0.1) is 0 Å². The number of benzene rings is 2. The van der Waals surface area contributed by atoms with E-state index in [1.807, 2.05) is 7.05 Å². The summed E-state index contributed by atoms with van der Waals surface area (Å²) in [7, 11) is 2.03. The van der Waals surface area contributed by atoms with Gasteiger partial charge in [-0.25, -0.2) is 0 Å². The number of hydrogen-bond acceptors (Lipinski definition) is 1. The summed E-state index contributed by atoms with van der Waals surface area (Å²) in [4.78, 5) is 0. The number of rotatable bonds is 5. The highest BCUT2D eigenvalue weighted by atomic mass is 127. The number of halogens is 1. The smallest absolute Gasteiger partial charge is 0.0130 e. The van der Waals surface area contributed by atoms with Crippen LogP contribution in [0.2, 0.25) is 0 Å². The molecule has 0 amide bonds. The molecule has 1 nitrogen and oxygen atoms in total. The maximum Gasteiger partial charge on any atom is 0.0130 e. The minimum absolute atomic E-state index is 0.534. The van der Waals surface area contributed by atoms with Crippen molar-refractivity contribution in [3.63, 3.8) is 0 Å². The van der Waals surface area contributed by atoms with Gasteiger partial charge in [-0.2, -0.15) is 0 Å². The normalized spacial score (nSPS) is 12.4. The molecule has 1 unspecified atom stereocenters. The number of hydrogen-bond donors (Lipinski definition) is 1. The van der Waals surface area contributed by atoms with Crippen LogP contribution >= 0.6 is 22.6 Å². The average molecular weight is 365 g/mol. The van der Waals surface area contributed by atoms with E-state index in [2.05, 4.69) is 83.4 Å². The molecule has 2 rings (SSSR count). The molecule has 2 aromatic carbocycles. The zero-order valence-electron chi connectivity index (χ0n) is 11.5. The van der Waals surface area contributed by atoms with E-state index in [0.717, 1.165) is 13.0 Å². The van der Waals surface area contributed by atoms with Crippen molar-refractivity contribution < 1.29 is 0 Å². The van der Waals surface area contributed by atoms with Crippen LogP contribution in [0.4, 0.5) is 0 Å². The van der Waals surface area contributed by atoms with Gasteiger partial charge in [0.25, 0.3) is 0 Å². The van der Waals surface area contributed by atoms with Crippen LogP contribution in [-0.4, -0.2) is 13.6 Å². The Labute approximate surface area is 129 Å². The third-order valence-corrected chi connectivity index (χ3v) is 4.19. The molecule has 0 saturated carbocycles. The molecular formula is C17H20IN. The second-order valence-electron chi connectivity index (χ2n) is 4.94. The van der Waals surface area contributed by atoms with E-state index < -0.39 is 0 Å². The summed E-state index contributed by atoms with van der Waals surface area (Å²) < 4.78 is 1.29. The van der Waals surface area contributed by atoms with Crippen molar-refractivity contribution in [2.45, 2.75) is 19.3 Å². The Morgan fingerprint density at radius 3 is 2.37 bits per heavy atom. The van der Waals surface area contributed by atoms with Gasteiger partial charge in [-0.05, 0) is 71.8 Å². The fourth-order valence-corrected chi connectivity index (χ4v) is 2.85. The molecule has 0 bridgehead atoms. The SMILES string of the molecule is CNCC(Cc1ccc(I)cc1)c1ccccc1C. The molecule has 2 aromatic rings. The molecule has 1 N–H and O–H groups in total. The second kappa shape index (κ2) is 7.06. The summed E-state index contributed by atoms with van der Waals surface area (Å²) in [5.41, 5.74) is 4.24. The first-order chi connectivity index (χ1) is 9.20. The number of nitrogens with one attached hydrogen (secondary N) is 1. The molecule has 0 fully saturated rings. The summed E-state index contributed by atoms with van der Waals surface area (Å²) in [6, 6.07) is 17.6. The summed E-state index contributed by atoms with van der Waals surface area (Å²) in [5.74, 6) is 0.534. The van der Waals surface area contributed by atoms with E-state index in [-0.39, 0.29) is 0 Å². The van der Waals surface area contributed by atoms with Gasteiger partial charge in [-0.3, -0.25) is 0 Å². The summed E-state index contributed by atoms with van der Waals surface area (Å²) >= 11 is 2.35. The van der Waals surface area contributed by atoms with Crippen LogP contribution in [0, 0.1) is 10.5 Å². The number of likely N-dealkylation sites (N-methyl/N-ethyl adjacent to an activating group) is 1. The van der Waals surface area contributed by atoms with Crippen LogP contribution in [0.15, 0.2) is 48.5 Å². The molecule has 0 saturated heterocycles. The van der Waals surface area contributed by atoms with Gasteiger partial charge in [0.2, 0.25) is 0 Å². The predicted molar refractivity (Wildman–Crippen MR) is 90.7 cm³/mol. The largest absolute Gasteiger partial charge is 0.319 e. The van der Waals surface area contributed by atoms with Crippen molar-refractivity contribution in [2.75, 3.05) is 13.6 Å². The lowest BCUT2D eigenvalue weighted by Crippen LogP contribution is -2.20. The fraction of sp³-hybridized carbons (Fsp3) is 0.294. The van der Waals surface area contributed by atoms with E-state index in [9.17, 15) is 0 Å². The van der Waals surface area contributed by atoms with Crippen LogP contribution in [0.25, 0.3) is 0 Å². The Morgan fingerprint density at radius 1 is 1.05 bits per heavy atom. The Hall–Kier alpha value is -0.870. The first-order valence-corrected chi connectivity index (χ1v) is 7.73. The molecule has 19 heavy (non-hydrogen) atoms. The standard InChI is InChI=1S/C17H20IN/c1-13-5-3-4-6-17(13)15(12-19-2)11-14-7-9-16(18)10-8-14/h3-10,15,19H,11-12H2,1-2H3. The molecule has 0 heterocycles. The van der Waals surface area contributed by atoms with Crippen molar-refractivity contribution in [1.82, 2.24) is 5.32 Å². The molecular weight excluding hydrogens is 345 g/mol. The van der Waals surface area contributed by atoms with Gasteiger partial charge in [0.15, 0.2) is 0 Å². The monoisotopic (exact) mass is 365 g/mol. The Bertz CT molecular complexity index is 519. The Morgan fingerprint density at radius 2 is 1.74 bits per heavy atom. The zero-order chi connectivity index (χ0) is 13.7. The van der Waals surface area contributed by atoms with Gasteiger partial charge in [-0.1, -0.05) is 36.4 Å². The highest BCUT2D eigenvalue weighted by Crippen LogP contribution is 2.23. The van der Waals surface area contributed by atoms with Gasteiger partial charge in [0, 0.05) is 16.0 Å². The van der Waals surface area contributed by atoms with Crippen molar-refractivity contribution in [3.05, 3.63) is 68.8 Å². The molecule has 0 aliphatic rings. The summed E-state index contributed by atoms with van der Waals surface area (Å²) in [6.45, 7) is 3.21. The maximum absolute atomic E-state index is 3.32. The molecule has 0 aliphatic carbocycles. The first kappa shape index (κ1) is 14.5. The van der Waals surface area contributed by atoms with Gasteiger partial charge < -0.3 is 5.32 Å². The van der Waals surface area contributed by atoms with Crippen molar-refractivity contribution >= 4 is 22.6 Å². The van der Waals surface area contributed by atoms with E-state index >= 15 is 0 Å². The van der Waals surface area contributed by atoms with Gasteiger partial charge in [0.1, 0.15) is 0 Å². The third kappa shape index (κ3) is 4.05. The highest BCUT2D eigenvalue weighted by Gasteiger charge is 2.13. The first-order valence-electron chi connectivity index (χ1n) is 6.65. The van der Waals surface area contributed by atoms with E-state index in [0.29, 0.717) is 5.92 Å². The van der Waals surface area contributed by atoms with Crippen LogP contribution in [0.5, 0.6) is 0 Å². The molecule has 100 valence electrons. The van der Waals surface area contributed by atoms with Crippen molar-refractivity contribution in [3.8, 4) is 0 Å². The van der Waals surface area contributed by atoms with E-state index in [1.54, 1.807) is 0 Å². The molecule has 0 aliphatic heterocycles. The summed E-state index contributed by atoms with van der Waals surface area (Å²) in [6.07, 6.45) is 1.09. The van der Waals surface area contributed by atoms with Gasteiger partial charge in [-0.15, -0.1) is 0 Å². The Balaban J connectivity index is 2.21. The highest BCUT2D eigenvalue weighted by molar-refractivity contribution is 14.1. The average Bonchev–Trinajstić information content (AvgIpc) is 2.41. The summed E-state index contributed by atoms with van der Waals surface area (Å²) in [5, 5.41) is 3.32. The second-order valence-corrected chi connectivity index (χ2v) is 6.19. The third-order valence-electron chi connectivity index (χ3n) is 3.47. The maximum atomic E-state index is 3.32. The van der Waals surface area contributed by atoms with Crippen LogP contribution in [0.3, 0.4) is 0 Å². The molecule has 0 aromatic heterocycles. The lowest BCUT2D eigenvalue weighted by Gasteiger charge is -2.19. The van der Waals surface area contributed by atoms with Crippen molar-refractivity contribution in [2.24, 2.45) is 0 Å². The number of aryl methyl sites for hydroxylation is 1. The van der Waals surface area contributed by atoms with E-state index in [1.165, 1.54) is 20.3 Å². The minimum Gasteiger partial charge on any atom is -0.319 e.